The van der Waals surface area contributed by atoms with E-state index in [1.165, 1.54) is 0 Å². The molecule has 11 heavy (non-hydrogen) atoms. The summed E-state index contributed by atoms with van der Waals surface area (Å²) in [6.45, 7) is 8.61. The monoisotopic (exact) mass is 155 g/mol. The average Bonchev–Trinajstić information content (AvgIpc) is 1.51. The predicted octanol–water partition coefficient (Wildman–Crippen LogP) is 0.858. The summed E-state index contributed by atoms with van der Waals surface area (Å²) in [7, 11) is 0. The molecule has 3 N–H and O–H groups in total. The van der Waals surface area contributed by atoms with Gasteiger partial charge in [-0.05, 0) is 11.3 Å². The summed E-state index contributed by atoms with van der Waals surface area (Å²) in [5.41, 5.74) is 5.68. The molecule has 0 radical (unpaired) electrons. The molecule has 1 saturated heterocycles. The maximum atomic E-state index is 7.15. The third kappa shape index (κ3) is 1.64. The largest absolute Gasteiger partial charge is 0.370 e. The summed E-state index contributed by atoms with van der Waals surface area (Å²) in [5, 5.41) is 7.15. The Morgan fingerprint density at radius 2 is 1.91 bits per heavy atom. The summed E-state index contributed by atoms with van der Waals surface area (Å²) < 4.78 is 0. The van der Waals surface area contributed by atoms with Crippen LogP contribution in [0.3, 0.4) is 0 Å². The summed E-state index contributed by atoms with van der Waals surface area (Å²) >= 11 is 0. The highest BCUT2D eigenvalue weighted by Gasteiger charge is 2.36. The maximum Gasteiger partial charge on any atom is 0.188 e. The van der Waals surface area contributed by atoms with Crippen LogP contribution in [0.5, 0.6) is 0 Å². The average molecular weight is 155 g/mol. The van der Waals surface area contributed by atoms with Crippen LogP contribution in [-0.2, 0) is 0 Å². The van der Waals surface area contributed by atoms with Gasteiger partial charge in [0.2, 0.25) is 0 Å². The fourth-order valence-corrected chi connectivity index (χ4v) is 1.22. The molecule has 0 aromatic heterocycles. The molecule has 0 bridgehead atoms. The topological polar surface area (TPSA) is 53.1 Å². The van der Waals surface area contributed by atoms with Crippen LogP contribution in [0.2, 0.25) is 0 Å². The Hall–Kier alpha value is -0.730. The van der Waals surface area contributed by atoms with Crippen LogP contribution in [0, 0.1) is 16.7 Å². The molecular formula is C8H17N3. The molecule has 0 aromatic carbocycles. The van der Waals surface area contributed by atoms with Gasteiger partial charge in [0.05, 0.1) is 0 Å². The van der Waals surface area contributed by atoms with Gasteiger partial charge in [0.15, 0.2) is 5.96 Å². The molecule has 3 heteroatoms. The number of hydrogen-bond donors (Lipinski definition) is 2. The number of rotatable bonds is 0. The van der Waals surface area contributed by atoms with Crippen LogP contribution >= 0.6 is 0 Å². The quantitative estimate of drug-likeness (QED) is 0.402. The van der Waals surface area contributed by atoms with Gasteiger partial charge in [-0.2, -0.15) is 0 Å². The minimum Gasteiger partial charge on any atom is -0.370 e. The fraction of sp³-hybridized carbons (Fsp3) is 0.875. The molecule has 0 unspecified atom stereocenters. The molecule has 0 saturated carbocycles. The zero-order chi connectivity index (χ0) is 8.65. The van der Waals surface area contributed by atoms with Gasteiger partial charge in [-0.1, -0.05) is 20.8 Å². The molecule has 0 spiro atoms. The number of hydrogen-bond acceptors (Lipinski definition) is 1. The standard InChI is InChI=1S/C8H17N3/c1-8(2,3)6-4-11(5-6)7(9)10/h6H,4-5H2,1-3H3,(H3,9,10). The third-order valence-corrected chi connectivity index (χ3v) is 2.45. The molecular weight excluding hydrogens is 138 g/mol. The van der Waals surface area contributed by atoms with E-state index in [2.05, 4.69) is 20.8 Å². The molecule has 1 heterocycles. The van der Waals surface area contributed by atoms with E-state index in [1.54, 1.807) is 0 Å². The second kappa shape index (κ2) is 2.40. The highest BCUT2D eigenvalue weighted by atomic mass is 15.3. The Bertz CT molecular complexity index is 163. The third-order valence-electron chi connectivity index (χ3n) is 2.45. The van der Waals surface area contributed by atoms with Gasteiger partial charge in [0, 0.05) is 13.1 Å². The summed E-state index contributed by atoms with van der Waals surface area (Å²) in [6.07, 6.45) is 0. The zero-order valence-electron chi connectivity index (χ0n) is 7.52. The number of guanidine groups is 1. The van der Waals surface area contributed by atoms with Gasteiger partial charge in [-0.3, -0.25) is 5.41 Å². The van der Waals surface area contributed by atoms with E-state index in [-0.39, 0.29) is 5.96 Å². The van der Waals surface area contributed by atoms with E-state index in [0.717, 1.165) is 13.1 Å². The van der Waals surface area contributed by atoms with Crippen molar-refractivity contribution < 1.29 is 0 Å². The van der Waals surface area contributed by atoms with Crippen LogP contribution in [0.15, 0.2) is 0 Å². The van der Waals surface area contributed by atoms with Gasteiger partial charge in [0.25, 0.3) is 0 Å². The van der Waals surface area contributed by atoms with E-state index in [9.17, 15) is 0 Å². The van der Waals surface area contributed by atoms with Crippen molar-refractivity contribution in [2.75, 3.05) is 13.1 Å². The highest BCUT2D eigenvalue weighted by molar-refractivity contribution is 5.75. The Balaban J connectivity index is 2.35. The molecule has 0 atom stereocenters. The van der Waals surface area contributed by atoms with E-state index in [1.807, 2.05) is 4.90 Å². The summed E-state index contributed by atoms with van der Waals surface area (Å²) in [4.78, 5) is 1.90. The van der Waals surface area contributed by atoms with Crippen molar-refractivity contribution in [3.8, 4) is 0 Å². The Morgan fingerprint density at radius 1 is 1.45 bits per heavy atom. The lowest BCUT2D eigenvalue weighted by Gasteiger charge is -2.46. The molecule has 3 nitrogen and oxygen atoms in total. The minimum atomic E-state index is 0.213. The molecule has 1 aliphatic heterocycles. The van der Waals surface area contributed by atoms with E-state index in [4.69, 9.17) is 11.1 Å². The lowest BCUT2D eigenvalue weighted by Crippen LogP contribution is -2.56. The Kier molecular flexibility index (Phi) is 1.82. The molecule has 64 valence electrons. The minimum absolute atomic E-state index is 0.213. The second-order valence-corrected chi connectivity index (χ2v) is 4.35. The van der Waals surface area contributed by atoms with Gasteiger partial charge in [-0.25, -0.2) is 0 Å². The molecule has 1 fully saturated rings. The van der Waals surface area contributed by atoms with Gasteiger partial charge in [0.1, 0.15) is 0 Å². The first kappa shape index (κ1) is 8.37. The normalized spacial score (nSPS) is 19.7. The SMILES string of the molecule is CC(C)(C)C1CN(C(=N)N)C1. The number of nitrogens with zero attached hydrogens (tertiary/aromatic N) is 1. The van der Waals surface area contributed by atoms with Crippen molar-refractivity contribution in [1.82, 2.24) is 4.90 Å². The smallest absolute Gasteiger partial charge is 0.188 e. The van der Waals surface area contributed by atoms with Crippen LogP contribution in [-0.4, -0.2) is 23.9 Å². The van der Waals surface area contributed by atoms with Crippen molar-refractivity contribution in [2.45, 2.75) is 20.8 Å². The molecule has 1 rings (SSSR count). The maximum absolute atomic E-state index is 7.15. The molecule has 1 aliphatic rings. The Labute approximate surface area is 68.1 Å². The van der Waals surface area contributed by atoms with Gasteiger partial charge >= 0.3 is 0 Å². The molecule has 0 aliphatic carbocycles. The van der Waals surface area contributed by atoms with Crippen molar-refractivity contribution in [3.63, 3.8) is 0 Å². The second-order valence-electron chi connectivity index (χ2n) is 4.35. The van der Waals surface area contributed by atoms with E-state index >= 15 is 0 Å². The number of likely N-dealkylation sites (tertiary alicyclic amines) is 1. The van der Waals surface area contributed by atoms with E-state index in [0.29, 0.717) is 11.3 Å². The lowest BCUT2D eigenvalue weighted by molar-refractivity contribution is 0.0772. The molecule has 0 aromatic rings. The van der Waals surface area contributed by atoms with Crippen molar-refractivity contribution in [2.24, 2.45) is 17.1 Å². The van der Waals surface area contributed by atoms with Crippen LogP contribution in [0.1, 0.15) is 20.8 Å². The van der Waals surface area contributed by atoms with Crippen molar-refractivity contribution >= 4 is 5.96 Å². The molecule has 0 amide bonds. The summed E-state index contributed by atoms with van der Waals surface area (Å²) in [6, 6.07) is 0. The number of nitrogens with one attached hydrogen (secondary N) is 1. The predicted molar refractivity (Wildman–Crippen MR) is 46.4 cm³/mol. The highest BCUT2D eigenvalue weighted by Crippen LogP contribution is 2.32. The first-order chi connectivity index (χ1) is 4.91. The lowest BCUT2D eigenvalue weighted by atomic mass is 9.76. The van der Waals surface area contributed by atoms with Crippen molar-refractivity contribution in [1.29, 1.82) is 5.41 Å². The first-order valence-corrected chi connectivity index (χ1v) is 4.00. The zero-order valence-corrected chi connectivity index (χ0v) is 7.52. The Morgan fingerprint density at radius 3 is 2.18 bits per heavy atom. The van der Waals surface area contributed by atoms with Crippen LogP contribution in [0.25, 0.3) is 0 Å². The van der Waals surface area contributed by atoms with Gasteiger partial charge in [-0.15, -0.1) is 0 Å². The van der Waals surface area contributed by atoms with Crippen molar-refractivity contribution in [3.05, 3.63) is 0 Å². The number of nitrogens with two attached hydrogens (primary N) is 1. The van der Waals surface area contributed by atoms with E-state index < -0.39 is 0 Å². The summed E-state index contributed by atoms with van der Waals surface area (Å²) in [5.74, 6) is 0.914. The van der Waals surface area contributed by atoms with Crippen LogP contribution < -0.4 is 5.73 Å². The van der Waals surface area contributed by atoms with Gasteiger partial charge < -0.3 is 10.6 Å². The fourth-order valence-electron chi connectivity index (χ4n) is 1.22. The first-order valence-electron chi connectivity index (χ1n) is 4.00. The van der Waals surface area contributed by atoms with Crippen LogP contribution in [0.4, 0.5) is 0 Å².